The minimum Gasteiger partial charge on any atom is -0.465 e. The van der Waals surface area contributed by atoms with Gasteiger partial charge in [0.25, 0.3) is 0 Å². The molecular weight excluding hydrogens is 280 g/mol. The lowest BCUT2D eigenvalue weighted by Gasteiger charge is -2.43. The first kappa shape index (κ1) is 18.1. The molecule has 8 nitrogen and oxygen atoms in total. The summed E-state index contributed by atoms with van der Waals surface area (Å²) < 4.78 is 0. The second-order valence-electron chi connectivity index (χ2n) is 5.44. The summed E-state index contributed by atoms with van der Waals surface area (Å²) in [4.78, 5) is 12.0. The lowest BCUT2D eigenvalue weighted by atomic mass is 9.94. The van der Waals surface area contributed by atoms with Gasteiger partial charge >= 0.3 is 6.09 Å². The summed E-state index contributed by atoms with van der Waals surface area (Å²) in [5, 5.41) is 49.1. The van der Waals surface area contributed by atoms with Gasteiger partial charge in [-0.25, -0.2) is 4.79 Å². The van der Waals surface area contributed by atoms with Gasteiger partial charge in [-0.3, -0.25) is 4.90 Å². The smallest absolute Gasteiger partial charge is 0.404 e. The third kappa shape index (κ3) is 5.76. The number of carbonyl (C=O) groups is 1. The maximum Gasteiger partial charge on any atom is 0.404 e. The third-order valence-electron chi connectivity index (χ3n) is 3.86. The van der Waals surface area contributed by atoms with Crippen LogP contribution in [0.4, 0.5) is 4.79 Å². The molecule has 1 aliphatic rings. The summed E-state index contributed by atoms with van der Waals surface area (Å²) in [6, 6.07) is -0.558. The molecule has 0 aromatic carbocycles. The van der Waals surface area contributed by atoms with E-state index in [4.69, 9.17) is 5.11 Å². The third-order valence-corrected chi connectivity index (χ3v) is 3.86. The Hall–Kier alpha value is -0.930. The Kier molecular flexibility index (Phi) is 7.91. The van der Waals surface area contributed by atoms with E-state index in [0.29, 0.717) is 13.1 Å². The van der Waals surface area contributed by atoms with E-state index in [9.17, 15) is 25.2 Å². The quantitative estimate of drug-likeness (QED) is 0.303. The van der Waals surface area contributed by atoms with Crippen molar-refractivity contribution in [1.82, 2.24) is 10.2 Å². The summed E-state index contributed by atoms with van der Waals surface area (Å²) in [7, 11) is 0. The molecule has 1 heterocycles. The number of aliphatic hydroxyl groups is 4. The highest BCUT2D eigenvalue weighted by Gasteiger charge is 2.40. The Balaban J connectivity index is 2.22. The van der Waals surface area contributed by atoms with Crippen molar-refractivity contribution in [3.63, 3.8) is 0 Å². The predicted molar refractivity (Wildman–Crippen MR) is 75.0 cm³/mol. The molecule has 4 atom stereocenters. The minimum atomic E-state index is -1.22. The number of rotatable bonds is 8. The number of hydrogen-bond acceptors (Lipinski definition) is 6. The molecule has 1 fully saturated rings. The van der Waals surface area contributed by atoms with Crippen LogP contribution < -0.4 is 5.32 Å². The standard InChI is InChI=1S/C13H26N2O6/c16-8-9-11(18)12(19)10(17)7-15(9)6-4-2-1-3-5-14-13(20)21/h9-12,14,16-19H,1-8H2,(H,20,21)/t9-,10+,11-,12-/m1/s1. The molecule has 0 spiro atoms. The normalized spacial score (nSPS) is 30.3. The molecule has 21 heavy (non-hydrogen) atoms. The molecule has 1 rings (SSSR count). The zero-order chi connectivity index (χ0) is 15.8. The molecule has 0 unspecified atom stereocenters. The van der Waals surface area contributed by atoms with Gasteiger partial charge in [-0.1, -0.05) is 12.8 Å². The van der Waals surface area contributed by atoms with Crippen molar-refractivity contribution in [3.8, 4) is 0 Å². The fourth-order valence-corrected chi connectivity index (χ4v) is 2.62. The van der Waals surface area contributed by atoms with Gasteiger partial charge in [-0.15, -0.1) is 0 Å². The van der Waals surface area contributed by atoms with Crippen LogP contribution in [-0.4, -0.2) is 87.1 Å². The molecule has 6 N–H and O–H groups in total. The maximum absolute atomic E-state index is 10.2. The van der Waals surface area contributed by atoms with Crippen molar-refractivity contribution in [1.29, 1.82) is 0 Å². The number of nitrogens with one attached hydrogen (secondary N) is 1. The van der Waals surface area contributed by atoms with E-state index in [2.05, 4.69) is 5.32 Å². The lowest BCUT2D eigenvalue weighted by molar-refractivity contribution is -0.145. The highest BCUT2D eigenvalue weighted by Crippen LogP contribution is 2.19. The number of nitrogens with zero attached hydrogens (tertiary/aromatic N) is 1. The summed E-state index contributed by atoms with van der Waals surface area (Å²) in [5.74, 6) is 0. The average Bonchev–Trinajstić information content (AvgIpc) is 2.43. The van der Waals surface area contributed by atoms with Crippen LogP contribution in [0.15, 0.2) is 0 Å². The number of carboxylic acid groups (broad SMARTS) is 1. The van der Waals surface area contributed by atoms with Crippen molar-refractivity contribution in [2.75, 3.05) is 26.2 Å². The summed E-state index contributed by atoms with van der Waals surface area (Å²) >= 11 is 0. The van der Waals surface area contributed by atoms with E-state index in [1.165, 1.54) is 0 Å². The number of likely N-dealkylation sites (tertiary alicyclic amines) is 1. The van der Waals surface area contributed by atoms with E-state index in [0.717, 1.165) is 25.7 Å². The molecule has 1 saturated heterocycles. The van der Waals surface area contributed by atoms with Gasteiger partial charge in [0.1, 0.15) is 12.2 Å². The van der Waals surface area contributed by atoms with Gasteiger partial charge < -0.3 is 30.8 Å². The lowest BCUT2D eigenvalue weighted by Crippen LogP contribution is -2.62. The Labute approximate surface area is 124 Å². The number of hydrogen-bond donors (Lipinski definition) is 6. The summed E-state index contributed by atoms with van der Waals surface area (Å²) in [6.07, 6.45) is -1.05. The van der Waals surface area contributed by atoms with Gasteiger partial charge in [-0.2, -0.15) is 0 Å². The Bertz CT molecular complexity index is 317. The molecule has 0 aromatic heterocycles. The van der Waals surface area contributed by atoms with E-state index in [-0.39, 0.29) is 13.2 Å². The van der Waals surface area contributed by atoms with E-state index in [1.54, 1.807) is 4.90 Å². The van der Waals surface area contributed by atoms with Crippen molar-refractivity contribution >= 4 is 6.09 Å². The van der Waals surface area contributed by atoms with Crippen molar-refractivity contribution < 1.29 is 30.3 Å². The second-order valence-corrected chi connectivity index (χ2v) is 5.44. The van der Waals surface area contributed by atoms with Crippen LogP contribution >= 0.6 is 0 Å². The van der Waals surface area contributed by atoms with Crippen LogP contribution in [0.5, 0.6) is 0 Å². The van der Waals surface area contributed by atoms with Crippen molar-refractivity contribution in [3.05, 3.63) is 0 Å². The van der Waals surface area contributed by atoms with E-state index in [1.807, 2.05) is 0 Å². The Morgan fingerprint density at radius 3 is 2.38 bits per heavy atom. The van der Waals surface area contributed by atoms with Crippen LogP contribution in [0.3, 0.4) is 0 Å². The molecule has 124 valence electrons. The van der Waals surface area contributed by atoms with Crippen LogP contribution in [0.2, 0.25) is 0 Å². The van der Waals surface area contributed by atoms with Crippen LogP contribution in [0, 0.1) is 0 Å². The van der Waals surface area contributed by atoms with Crippen LogP contribution in [-0.2, 0) is 0 Å². The molecule has 1 amide bonds. The number of amides is 1. The first-order valence-electron chi connectivity index (χ1n) is 7.33. The fourth-order valence-electron chi connectivity index (χ4n) is 2.62. The number of β-amino-alcohol motifs (C(OH)–C–C–N with tert-alkyl or cyclic N) is 1. The highest BCUT2D eigenvalue weighted by molar-refractivity contribution is 5.64. The van der Waals surface area contributed by atoms with Crippen molar-refractivity contribution in [2.24, 2.45) is 0 Å². The fraction of sp³-hybridized carbons (Fsp3) is 0.923. The Morgan fingerprint density at radius 1 is 1.10 bits per heavy atom. The van der Waals surface area contributed by atoms with Gasteiger partial charge in [0.05, 0.1) is 18.8 Å². The van der Waals surface area contributed by atoms with Gasteiger partial charge in [-0.05, 0) is 19.4 Å². The topological polar surface area (TPSA) is 133 Å². The zero-order valence-corrected chi connectivity index (χ0v) is 12.1. The molecule has 1 aliphatic heterocycles. The first-order valence-corrected chi connectivity index (χ1v) is 7.33. The van der Waals surface area contributed by atoms with Crippen molar-refractivity contribution in [2.45, 2.75) is 50.0 Å². The number of unbranched alkanes of at least 4 members (excludes halogenated alkanes) is 3. The molecule has 0 aliphatic carbocycles. The van der Waals surface area contributed by atoms with Gasteiger partial charge in [0.2, 0.25) is 0 Å². The largest absolute Gasteiger partial charge is 0.465 e. The SMILES string of the molecule is O=C(O)NCCCCCCN1C[C@H](O)[C@@H](O)[C@H](O)[C@H]1CO. The molecule has 8 heteroatoms. The highest BCUT2D eigenvalue weighted by atomic mass is 16.4. The minimum absolute atomic E-state index is 0.226. The molecule has 0 aromatic rings. The maximum atomic E-state index is 10.2. The monoisotopic (exact) mass is 306 g/mol. The average molecular weight is 306 g/mol. The van der Waals surface area contributed by atoms with E-state index < -0.39 is 30.4 Å². The molecular formula is C13H26N2O6. The van der Waals surface area contributed by atoms with Crippen LogP contribution in [0.1, 0.15) is 25.7 Å². The van der Waals surface area contributed by atoms with Gasteiger partial charge in [0.15, 0.2) is 0 Å². The number of aliphatic hydroxyl groups excluding tert-OH is 4. The van der Waals surface area contributed by atoms with Gasteiger partial charge in [0, 0.05) is 13.1 Å². The second kappa shape index (κ2) is 9.16. The summed E-state index contributed by atoms with van der Waals surface area (Å²) in [6.45, 7) is 0.998. The molecule has 0 saturated carbocycles. The summed E-state index contributed by atoms with van der Waals surface area (Å²) in [5.41, 5.74) is 0. The first-order chi connectivity index (χ1) is 9.97. The zero-order valence-electron chi connectivity index (χ0n) is 12.1. The van der Waals surface area contributed by atoms with E-state index >= 15 is 0 Å². The number of piperidine rings is 1. The molecule has 0 radical (unpaired) electrons. The molecule has 0 bridgehead atoms. The predicted octanol–water partition coefficient (Wildman–Crippen LogP) is -1.43. The Morgan fingerprint density at radius 2 is 1.76 bits per heavy atom. The van der Waals surface area contributed by atoms with Crippen LogP contribution in [0.25, 0.3) is 0 Å².